The Hall–Kier alpha value is -1.85. The van der Waals surface area contributed by atoms with Gasteiger partial charge in [0.1, 0.15) is 0 Å². The van der Waals surface area contributed by atoms with Crippen LogP contribution >= 0.6 is 0 Å². The molecule has 0 saturated carbocycles. The summed E-state index contributed by atoms with van der Waals surface area (Å²) in [5, 5.41) is 0. The minimum atomic E-state index is -3.43. The Morgan fingerprint density at radius 1 is 0.952 bits per heavy atom. The van der Waals surface area contributed by atoms with Gasteiger partial charge in [-0.1, -0.05) is 48.0 Å². The number of rotatable bonds is 3. The molecule has 2 aromatic carbocycles. The predicted octanol–water partition coefficient (Wildman–Crippen LogP) is 2.56. The van der Waals surface area contributed by atoms with Crippen LogP contribution in [0.1, 0.15) is 11.1 Å². The molecule has 21 heavy (non-hydrogen) atoms. The molecule has 110 valence electrons. The summed E-state index contributed by atoms with van der Waals surface area (Å²) < 4.78 is 28.3. The van der Waals surface area contributed by atoms with E-state index in [4.69, 9.17) is 0 Å². The molecule has 1 saturated heterocycles. The van der Waals surface area contributed by atoms with Crippen LogP contribution in [0.2, 0.25) is 0 Å². The Balaban J connectivity index is 1.83. The number of benzene rings is 2. The van der Waals surface area contributed by atoms with Gasteiger partial charge in [0.05, 0.1) is 5.69 Å². The minimum Gasteiger partial charge on any atom is -0.256 e. The van der Waals surface area contributed by atoms with E-state index < -0.39 is 10.2 Å². The molecular formula is C16H18N2O2S. The van der Waals surface area contributed by atoms with Crippen LogP contribution in [0.4, 0.5) is 5.69 Å². The van der Waals surface area contributed by atoms with E-state index in [0.29, 0.717) is 19.6 Å². The summed E-state index contributed by atoms with van der Waals surface area (Å²) >= 11 is 0. The van der Waals surface area contributed by atoms with Gasteiger partial charge in [-0.3, -0.25) is 4.31 Å². The van der Waals surface area contributed by atoms with Gasteiger partial charge in [0.15, 0.2) is 0 Å². The van der Waals surface area contributed by atoms with E-state index in [0.717, 1.165) is 16.8 Å². The molecule has 0 aliphatic carbocycles. The molecular weight excluding hydrogens is 284 g/mol. The summed E-state index contributed by atoms with van der Waals surface area (Å²) in [6.45, 7) is 3.43. The molecule has 0 atom stereocenters. The molecule has 1 fully saturated rings. The van der Waals surface area contributed by atoms with Crippen molar-refractivity contribution in [2.75, 3.05) is 17.4 Å². The van der Waals surface area contributed by atoms with Crippen LogP contribution in [-0.4, -0.2) is 25.8 Å². The smallest absolute Gasteiger partial charge is 0.256 e. The quantitative estimate of drug-likeness (QED) is 0.874. The average Bonchev–Trinajstić information content (AvgIpc) is 2.76. The van der Waals surface area contributed by atoms with Crippen molar-refractivity contribution in [1.82, 2.24) is 4.31 Å². The largest absolute Gasteiger partial charge is 0.304 e. The summed E-state index contributed by atoms with van der Waals surface area (Å²) in [5.74, 6) is 0. The number of hydrogen-bond donors (Lipinski definition) is 0. The van der Waals surface area contributed by atoms with Gasteiger partial charge in [-0.05, 0) is 24.6 Å². The third kappa shape index (κ3) is 2.80. The lowest BCUT2D eigenvalue weighted by Crippen LogP contribution is -2.32. The van der Waals surface area contributed by atoms with Crippen molar-refractivity contribution in [2.45, 2.75) is 13.5 Å². The van der Waals surface area contributed by atoms with Gasteiger partial charge in [-0.25, -0.2) is 0 Å². The van der Waals surface area contributed by atoms with Crippen molar-refractivity contribution >= 4 is 15.9 Å². The van der Waals surface area contributed by atoms with Crippen molar-refractivity contribution in [3.05, 3.63) is 65.7 Å². The highest BCUT2D eigenvalue weighted by Crippen LogP contribution is 2.26. The molecule has 0 aromatic heterocycles. The van der Waals surface area contributed by atoms with E-state index in [1.54, 1.807) is 0 Å². The fraction of sp³-hybridized carbons (Fsp3) is 0.250. The maximum absolute atomic E-state index is 12.6. The van der Waals surface area contributed by atoms with Crippen molar-refractivity contribution in [2.24, 2.45) is 0 Å². The number of hydrogen-bond acceptors (Lipinski definition) is 2. The highest BCUT2D eigenvalue weighted by atomic mass is 32.2. The first-order chi connectivity index (χ1) is 10.1. The summed E-state index contributed by atoms with van der Waals surface area (Å²) in [7, 11) is -3.43. The van der Waals surface area contributed by atoms with Gasteiger partial charge in [0.25, 0.3) is 0 Å². The molecule has 0 spiro atoms. The van der Waals surface area contributed by atoms with Crippen LogP contribution in [-0.2, 0) is 16.8 Å². The molecule has 1 aliphatic rings. The van der Waals surface area contributed by atoms with E-state index in [-0.39, 0.29) is 0 Å². The van der Waals surface area contributed by atoms with Crippen molar-refractivity contribution in [3.8, 4) is 0 Å². The second-order valence-electron chi connectivity index (χ2n) is 5.23. The van der Waals surface area contributed by atoms with E-state index in [2.05, 4.69) is 0 Å². The van der Waals surface area contributed by atoms with E-state index in [1.807, 2.05) is 61.5 Å². The van der Waals surface area contributed by atoms with Crippen molar-refractivity contribution in [3.63, 3.8) is 0 Å². The van der Waals surface area contributed by atoms with Crippen LogP contribution in [0.15, 0.2) is 54.6 Å². The van der Waals surface area contributed by atoms with Gasteiger partial charge in [0, 0.05) is 19.6 Å². The van der Waals surface area contributed by atoms with Crippen LogP contribution < -0.4 is 4.31 Å². The predicted molar refractivity (Wildman–Crippen MR) is 84.3 cm³/mol. The second kappa shape index (κ2) is 5.50. The van der Waals surface area contributed by atoms with Crippen molar-refractivity contribution in [1.29, 1.82) is 0 Å². The van der Waals surface area contributed by atoms with Crippen molar-refractivity contribution < 1.29 is 8.42 Å². The first-order valence-electron chi connectivity index (χ1n) is 6.96. The average molecular weight is 302 g/mol. The third-order valence-electron chi connectivity index (χ3n) is 3.68. The van der Waals surface area contributed by atoms with Gasteiger partial charge in [-0.2, -0.15) is 12.7 Å². The zero-order valence-electron chi connectivity index (χ0n) is 11.9. The highest BCUT2D eigenvalue weighted by Gasteiger charge is 2.36. The molecule has 1 aliphatic heterocycles. The molecule has 0 amide bonds. The number of nitrogens with zero attached hydrogens (tertiary/aromatic N) is 2. The molecule has 0 radical (unpaired) electrons. The van der Waals surface area contributed by atoms with Crippen LogP contribution in [0, 0.1) is 6.92 Å². The molecule has 0 unspecified atom stereocenters. The highest BCUT2D eigenvalue weighted by molar-refractivity contribution is 7.90. The molecule has 5 heteroatoms. The zero-order valence-corrected chi connectivity index (χ0v) is 12.8. The van der Waals surface area contributed by atoms with Crippen LogP contribution in [0.5, 0.6) is 0 Å². The van der Waals surface area contributed by atoms with E-state index in [1.165, 1.54) is 8.61 Å². The Bertz CT molecular complexity index is 712. The van der Waals surface area contributed by atoms with Crippen LogP contribution in [0.25, 0.3) is 0 Å². The Morgan fingerprint density at radius 3 is 2.29 bits per heavy atom. The lowest BCUT2D eigenvalue weighted by molar-refractivity contribution is 0.446. The molecule has 4 nitrogen and oxygen atoms in total. The Morgan fingerprint density at radius 2 is 1.62 bits per heavy atom. The first-order valence-corrected chi connectivity index (χ1v) is 8.35. The molecule has 3 rings (SSSR count). The molecule has 1 heterocycles. The maximum atomic E-state index is 12.6. The topological polar surface area (TPSA) is 40.6 Å². The summed E-state index contributed by atoms with van der Waals surface area (Å²) in [6, 6.07) is 17.3. The summed E-state index contributed by atoms with van der Waals surface area (Å²) in [6.07, 6.45) is 0. The molecule has 2 aromatic rings. The normalized spacial score (nSPS) is 18.0. The van der Waals surface area contributed by atoms with E-state index >= 15 is 0 Å². The number of anilines is 1. The summed E-state index contributed by atoms with van der Waals surface area (Å²) in [5.41, 5.74) is 2.86. The van der Waals surface area contributed by atoms with Gasteiger partial charge < -0.3 is 0 Å². The SMILES string of the molecule is Cc1ccc(N2CCN(Cc3ccccc3)S2(=O)=O)cc1. The first kappa shape index (κ1) is 14.1. The fourth-order valence-electron chi connectivity index (χ4n) is 2.49. The monoisotopic (exact) mass is 302 g/mol. The van der Waals surface area contributed by atoms with Gasteiger partial charge >= 0.3 is 10.2 Å². The standard InChI is InChI=1S/C16H18N2O2S/c1-14-7-9-16(10-8-14)18-12-11-17(21(18,19)20)13-15-5-3-2-4-6-15/h2-10H,11-13H2,1H3. The third-order valence-corrected chi connectivity index (χ3v) is 5.60. The Labute approximate surface area is 125 Å². The lowest BCUT2D eigenvalue weighted by atomic mass is 10.2. The van der Waals surface area contributed by atoms with Gasteiger partial charge in [0.2, 0.25) is 0 Å². The number of aryl methyl sites for hydroxylation is 1. The zero-order chi connectivity index (χ0) is 14.9. The maximum Gasteiger partial charge on any atom is 0.304 e. The molecule has 0 bridgehead atoms. The Kier molecular flexibility index (Phi) is 3.69. The summed E-state index contributed by atoms with van der Waals surface area (Å²) in [4.78, 5) is 0. The molecule has 0 N–H and O–H groups in total. The van der Waals surface area contributed by atoms with Gasteiger partial charge in [-0.15, -0.1) is 0 Å². The fourth-order valence-corrected chi connectivity index (χ4v) is 4.10. The minimum absolute atomic E-state index is 0.422. The van der Waals surface area contributed by atoms with Crippen LogP contribution in [0.3, 0.4) is 0 Å². The second-order valence-corrected chi connectivity index (χ2v) is 7.09. The van der Waals surface area contributed by atoms with E-state index in [9.17, 15) is 8.42 Å². The lowest BCUT2D eigenvalue weighted by Gasteiger charge is -2.20.